The van der Waals surface area contributed by atoms with E-state index in [9.17, 15) is 4.39 Å². The molecule has 0 bridgehead atoms. The average molecular weight is 200 g/mol. The van der Waals surface area contributed by atoms with E-state index < -0.39 is 0 Å². The van der Waals surface area contributed by atoms with Crippen LogP contribution >= 0.6 is 11.8 Å². The number of halogens is 1. The Kier molecular flexibility index (Phi) is 4.09. The number of ether oxygens (including phenoxy) is 1. The van der Waals surface area contributed by atoms with Gasteiger partial charge in [-0.25, -0.2) is 4.39 Å². The Hall–Kier alpha value is -0.700. The summed E-state index contributed by atoms with van der Waals surface area (Å²) < 4.78 is 18.3. The van der Waals surface area contributed by atoms with Gasteiger partial charge in [-0.2, -0.15) is 11.8 Å². The van der Waals surface area contributed by atoms with Crippen LogP contribution in [0.2, 0.25) is 0 Å². The maximum Gasteiger partial charge on any atom is 0.129 e. The summed E-state index contributed by atoms with van der Waals surface area (Å²) in [7, 11) is 0. The molecule has 1 nitrogen and oxygen atoms in total. The molecular weight excluding hydrogens is 187 g/mol. The van der Waals surface area contributed by atoms with E-state index in [4.69, 9.17) is 4.74 Å². The molecule has 0 aromatic heterocycles. The predicted molar refractivity (Wildman–Crippen MR) is 55.0 cm³/mol. The third-order valence-corrected chi connectivity index (χ3v) is 2.27. The molecule has 3 heteroatoms. The Morgan fingerprint density at radius 3 is 2.85 bits per heavy atom. The monoisotopic (exact) mass is 200 g/mol. The molecule has 0 aliphatic carbocycles. The fourth-order valence-electron chi connectivity index (χ4n) is 0.906. The minimum atomic E-state index is -0.207. The van der Waals surface area contributed by atoms with Crippen LogP contribution in [0, 0.1) is 12.7 Å². The lowest BCUT2D eigenvalue weighted by Gasteiger charge is -2.05. The first-order valence-corrected chi connectivity index (χ1v) is 5.51. The SMILES string of the molecule is CSCCOc1ccc(C)c(F)c1. The topological polar surface area (TPSA) is 9.23 Å². The average Bonchev–Trinajstić information content (AvgIpc) is 2.12. The van der Waals surface area contributed by atoms with Gasteiger partial charge in [-0.1, -0.05) is 6.07 Å². The van der Waals surface area contributed by atoms with Gasteiger partial charge >= 0.3 is 0 Å². The highest BCUT2D eigenvalue weighted by atomic mass is 32.2. The van der Waals surface area contributed by atoms with E-state index in [1.165, 1.54) is 6.07 Å². The zero-order valence-corrected chi connectivity index (χ0v) is 8.66. The molecule has 0 fully saturated rings. The number of rotatable bonds is 4. The summed E-state index contributed by atoms with van der Waals surface area (Å²) in [5, 5.41) is 0. The first-order chi connectivity index (χ1) is 6.24. The van der Waals surface area contributed by atoms with Crippen molar-refractivity contribution >= 4 is 11.8 Å². The minimum absolute atomic E-state index is 0.207. The quantitative estimate of drug-likeness (QED) is 0.691. The number of thioether (sulfide) groups is 1. The molecule has 0 heterocycles. The number of hydrogen-bond acceptors (Lipinski definition) is 2. The van der Waals surface area contributed by atoms with Gasteiger partial charge < -0.3 is 4.74 Å². The second-order valence-electron chi connectivity index (χ2n) is 2.75. The van der Waals surface area contributed by atoms with Crippen molar-refractivity contribution in [2.45, 2.75) is 6.92 Å². The predicted octanol–water partition coefficient (Wildman–Crippen LogP) is 2.88. The standard InChI is InChI=1S/C10H13FOS/c1-8-3-4-9(7-10(8)11)12-5-6-13-2/h3-4,7H,5-6H2,1-2H3. The van der Waals surface area contributed by atoms with E-state index in [2.05, 4.69) is 0 Å². The van der Waals surface area contributed by atoms with Gasteiger partial charge in [0.1, 0.15) is 11.6 Å². The first-order valence-electron chi connectivity index (χ1n) is 4.12. The van der Waals surface area contributed by atoms with Crippen LogP contribution in [0.3, 0.4) is 0 Å². The van der Waals surface area contributed by atoms with Gasteiger partial charge in [-0.05, 0) is 24.8 Å². The fraction of sp³-hybridized carbons (Fsp3) is 0.400. The van der Waals surface area contributed by atoms with Gasteiger partial charge in [0.2, 0.25) is 0 Å². The van der Waals surface area contributed by atoms with Crippen LogP contribution < -0.4 is 4.74 Å². The molecule has 1 aromatic rings. The van der Waals surface area contributed by atoms with E-state index in [0.717, 1.165) is 5.75 Å². The third kappa shape index (κ3) is 3.27. The van der Waals surface area contributed by atoms with Crippen molar-refractivity contribution in [1.82, 2.24) is 0 Å². The summed E-state index contributed by atoms with van der Waals surface area (Å²) in [5.41, 5.74) is 0.650. The zero-order valence-electron chi connectivity index (χ0n) is 7.84. The molecule has 0 N–H and O–H groups in total. The number of aryl methyl sites for hydroxylation is 1. The Balaban J connectivity index is 2.53. The summed E-state index contributed by atoms with van der Waals surface area (Å²) in [5.74, 6) is 1.33. The summed E-state index contributed by atoms with van der Waals surface area (Å²) in [6, 6.07) is 4.94. The van der Waals surface area contributed by atoms with Gasteiger partial charge in [0, 0.05) is 11.8 Å². The van der Waals surface area contributed by atoms with E-state index in [1.54, 1.807) is 30.8 Å². The van der Waals surface area contributed by atoms with E-state index in [-0.39, 0.29) is 5.82 Å². The molecular formula is C10H13FOS. The largest absolute Gasteiger partial charge is 0.493 e. The Bertz CT molecular complexity index is 276. The van der Waals surface area contributed by atoms with Crippen molar-refractivity contribution in [3.8, 4) is 5.75 Å². The molecule has 0 saturated heterocycles. The molecule has 0 radical (unpaired) electrons. The molecule has 0 aliphatic heterocycles. The second-order valence-corrected chi connectivity index (χ2v) is 3.74. The third-order valence-electron chi connectivity index (χ3n) is 1.70. The number of hydrogen-bond donors (Lipinski definition) is 0. The van der Waals surface area contributed by atoms with Crippen LogP contribution in [0.25, 0.3) is 0 Å². The van der Waals surface area contributed by atoms with Gasteiger partial charge in [0.15, 0.2) is 0 Å². The normalized spacial score (nSPS) is 10.1. The van der Waals surface area contributed by atoms with Gasteiger partial charge in [-0.3, -0.25) is 0 Å². The number of benzene rings is 1. The van der Waals surface area contributed by atoms with Gasteiger partial charge in [0.25, 0.3) is 0 Å². The van der Waals surface area contributed by atoms with Crippen molar-refractivity contribution < 1.29 is 9.13 Å². The highest BCUT2D eigenvalue weighted by molar-refractivity contribution is 7.98. The minimum Gasteiger partial charge on any atom is -0.493 e. The van der Waals surface area contributed by atoms with Crippen LogP contribution in [0.15, 0.2) is 18.2 Å². The van der Waals surface area contributed by atoms with Crippen molar-refractivity contribution in [1.29, 1.82) is 0 Å². The lowest BCUT2D eigenvalue weighted by atomic mass is 10.2. The van der Waals surface area contributed by atoms with Crippen LogP contribution in [0.5, 0.6) is 5.75 Å². The highest BCUT2D eigenvalue weighted by Gasteiger charge is 1.99. The van der Waals surface area contributed by atoms with Gasteiger partial charge in [-0.15, -0.1) is 0 Å². The molecule has 1 aromatic carbocycles. The maximum absolute atomic E-state index is 13.0. The Morgan fingerprint density at radius 2 is 2.23 bits per heavy atom. The zero-order chi connectivity index (χ0) is 9.68. The van der Waals surface area contributed by atoms with E-state index in [1.807, 2.05) is 6.26 Å². The molecule has 0 spiro atoms. The molecule has 1 rings (SSSR count). The molecule has 72 valence electrons. The molecule has 0 amide bonds. The molecule has 0 saturated carbocycles. The van der Waals surface area contributed by atoms with E-state index in [0.29, 0.717) is 17.9 Å². The summed E-state index contributed by atoms with van der Waals surface area (Å²) in [6.45, 7) is 2.37. The second kappa shape index (κ2) is 5.12. The molecule has 0 aliphatic rings. The Labute approximate surface area is 82.3 Å². The van der Waals surface area contributed by atoms with Crippen LogP contribution in [0.1, 0.15) is 5.56 Å². The van der Waals surface area contributed by atoms with Crippen molar-refractivity contribution in [2.75, 3.05) is 18.6 Å². The summed E-state index contributed by atoms with van der Waals surface area (Å²) in [4.78, 5) is 0. The van der Waals surface area contributed by atoms with Crippen molar-refractivity contribution in [3.63, 3.8) is 0 Å². The molecule has 13 heavy (non-hydrogen) atoms. The fourth-order valence-corrected chi connectivity index (χ4v) is 1.16. The summed E-state index contributed by atoms with van der Waals surface area (Å²) in [6.07, 6.45) is 2.01. The van der Waals surface area contributed by atoms with E-state index >= 15 is 0 Å². The van der Waals surface area contributed by atoms with Crippen molar-refractivity contribution in [3.05, 3.63) is 29.6 Å². The smallest absolute Gasteiger partial charge is 0.129 e. The molecule has 0 unspecified atom stereocenters. The lowest BCUT2D eigenvalue weighted by molar-refractivity contribution is 0.342. The van der Waals surface area contributed by atoms with Gasteiger partial charge in [0.05, 0.1) is 6.61 Å². The first kappa shape index (κ1) is 10.4. The lowest BCUT2D eigenvalue weighted by Crippen LogP contribution is -2.00. The maximum atomic E-state index is 13.0. The Morgan fingerprint density at radius 1 is 1.46 bits per heavy atom. The molecule has 0 atom stereocenters. The van der Waals surface area contributed by atoms with Crippen molar-refractivity contribution in [2.24, 2.45) is 0 Å². The summed E-state index contributed by atoms with van der Waals surface area (Å²) >= 11 is 1.71. The van der Waals surface area contributed by atoms with Crippen LogP contribution in [-0.4, -0.2) is 18.6 Å². The van der Waals surface area contributed by atoms with Crippen LogP contribution in [0.4, 0.5) is 4.39 Å². The van der Waals surface area contributed by atoms with Crippen LogP contribution in [-0.2, 0) is 0 Å². The highest BCUT2D eigenvalue weighted by Crippen LogP contribution is 2.15.